The lowest BCUT2D eigenvalue weighted by Gasteiger charge is -2.24. The molecular weight excluding hydrogens is 446 g/mol. The SMILES string of the molecule is CSC[C@@]12C[C@@H]1[C@@H](n1cnc3c(NC(C4CC4)C4CC4)nc(Cl)nc31)[C@@H]1OC(C)(C)O[C@@H]12. The molecule has 0 radical (unpaired) electrons. The van der Waals surface area contributed by atoms with Crippen LogP contribution >= 0.6 is 23.4 Å². The second-order valence-corrected chi connectivity index (χ2v) is 12.2. The summed E-state index contributed by atoms with van der Waals surface area (Å²) < 4.78 is 15.1. The van der Waals surface area contributed by atoms with Gasteiger partial charge in [-0.25, -0.2) is 4.98 Å². The summed E-state index contributed by atoms with van der Waals surface area (Å²) in [6.07, 6.45) is 10.6. The molecule has 7 rings (SSSR count). The molecule has 2 aromatic rings. The van der Waals surface area contributed by atoms with Crippen LogP contribution in [0.3, 0.4) is 0 Å². The summed E-state index contributed by atoms with van der Waals surface area (Å²) in [5.74, 6) is 3.34. The summed E-state index contributed by atoms with van der Waals surface area (Å²) in [5, 5.41) is 4.00. The smallest absolute Gasteiger partial charge is 0.226 e. The average molecular weight is 476 g/mol. The molecule has 2 aromatic heterocycles. The molecule has 5 atom stereocenters. The second-order valence-electron chi connectivity index (χ2n) is 11.0. The lowest BCUT2D eigenvalue weighted by molar-refractivity contribution is -0.160. The number of anilines is 1. The first-order chi connectivity index (χ1) is 15.4. The van der Waals surface area contributed by atoms with Crippen molar-refractivity contribution in [1.29, 1.82) is 0 Å². The van der Waals surface area contributed by atoms with Crippen LogP contribution in [0, 0.1) is 23.2 Å². The number of nitrogens with zero attached hydrogens (tertiary/aromatic N) is 4. The molecular formula is C23H30ClN5O2S. The molecule has 9 heteroatoms. The van der Waals surface area contributed by atoms with E-state index in [9.17, 15) is 0 Å². The summed E-state index contributed by atoms with van der Waals surface area (Å²) >= 11 is 8.35. The Morgan fingerprint density at radius 3 is 2.66 bits per heavy atom. The van der Waals surface area contributed by atoms with Crippen LogP contribution in [0.15, 0.2) is 6.33 Å². The number of halogens is 1. The highest BCUT2D eigenvalue weighted by molar-refractivity contribution is 7.98. The highest BCUT2D eigenvalue weighted by atomic mass is 35.5. The second kappa shape index (κ2) is 6.74. The Labute approximate surface area is 197 Å². The van der Waals surface area contributed by atoms with Crippen molar-refractivity contribution in [3.63, 3.8) is 0 Å². The van der Waals surface area contributed by atoms with Crippen LogP contribution in [0.2, 0.25) is 5.28 Å². The standard InChI is InChI=1S/C23H30ClN5O2S/c1-22(2)30-17-16(13-8-23(13,9-32-3)18(17)31-22)29-10-25-15-19(27-21(24)28-20(15)29)26-14(11-4-5-11)12-6-7-12/h10-14,16-18H,4-9H2,1-3H3,(H,26,27,28)/t13-,16-,17+,18+,23+/m1/s1. The Morgan fingerprint density at radius 2 is 1.97 bits per heavy atom. The van der Waals surface area contributed by atoms with Gasteiger partial charge in [0.2, 0.25) is 5.28 Å². The minimum absolute atomic E-state index is 0.00382. The molecule has 32 heavy (non-hydrogen) atoms. The topological polar surface area (TPSA) is 74.1 Å². The van der Waals surface area contributed by atoms with E-state index < -0.39 is 5.79 Å². The number of hydrogen-bond donors (Lipinski definition) is 1. The van der Waals surface area contributed by atoms with Crippen LogP contribution < -0.4 is 5.32 Å². The molecule has 172 valence electrons. The summed E-state index contributed by atoms with van der Waals surface area (Å²) in [5.41, 5.74) is 1.81. The molecule has 4 aliphatic carbocycles. The van der Waals surface area contributed by atoms with Gasteiger partial charge in [0.25, 0.3) is 0 Å². The Morgan fingerprint density at radius 1 is 1.22 bits per heavy atom. The molecule has 0 bridgehead atoms. The van der Waals surface area contributed by atoms with Crippen molar-refractivity contribution in [2.24, 2.45) is 23.2 Å². The number of rotatable bonds is 7. The molecule has 5 fully saturated rings. The number of imidazole rings is 1. The Hall–Kier alpha value is -1.09. The Balaban J connectivity index is 1.28. The van der Waals surface area contributed by atoms with E-state index >= 15 is 0 Å². The van der Waals surface area contributed by atoms with Gasteiger partial charge in [-0.05, 0) is 81.6 Å². The van der Waals surface area contributed by atoms with Gasteiger partial charge in [-0.2, -0.15) is 21.7 Å². The zero-order valence-electron chi connectivity index (χ0n) is 18.8. The van der Waals surface area contributed by atoms with Crippen LogP contribution in [0.4, 0.5) is 5.82 Å². The van der Waals surface area contributed by atoms with Crippen LogP contribution in [0.1, 0.15) is 52.0 Å². The van der Waals surface area contributed by atoms with Gasteiger partial charge in [-0.3, -0.25) is 0 Å². The minimum atomic E-state index is -0.565. The average Bonchev–Trinajstić information content (AvgIpc) is 3.64. The fraction of sp³-hybridized carbons (Fsp3) is 0.783. The normalized spacial score (nSPS) is 37.2. The van der Waals surface area contributed by atoms with Crippen LogP contribution in [-0.2, 0) is 9.47 Å². The summed E-state index contributed by atoms with van der Waals surface area (Å²) in [6, 6.07) is 0.635. The first-order valence-electron chi connectivity index (χ1n) is 11.9. The fourth-order valence-corrected chi connectivity index (χ4v) is 7.82. The van der Waals surface area contributed by atoms with E-state index in [-0.39, 0.29) is 28.9 Å². The van der Waals surface area contributed by atoms with Gasteiger partial charge in [0, 0.05) is 17.2 Å². The molecule has 0 spiro atoms. The molecule has 1 saturated heterocycles. The van der Waals surface area contributed by atoms with Gasteiger partial charge in [0.1, 0.15) is 6.10 Å². The lowest BCUT2D eigenvalue weighted by Crippen LogP contribution is -2.32. The van der Waals surface area contributed by atoms with E-state index in [1.807, 2.05) is 31.9 Å². The molecule has 7 nitrogen and oxygen atoms in total. The van der Waals surface area contributed by atoms with Gasteiger partial charge in [0.15, 0.2) is 22.8 Å². The largest absolute Gasteiger partial charge is 0.365 e. The molecule has 5 aliphatic rings. The van der Waals surface area contributed by atoms with Crippen molar-refractivity contribution < 1.29 is 9.47 Å². The van der Waals surface area contributed by atoms with Crippen LogP contribution in [0.5, 0.6) is 0 Å². The van der Waals surface area contributed by atoms with Crippen molar-refractivity contribution >= 4 is 40.3 Å². The third-order valence-electron chi connectivity index (χ3n) is 8.31. The summed E-state index contributed by atoms with van der Waals surface area (Å²) in [4.78, 5) is 14.0. The van der Waals surface area contributed by atoms with E-state index in [2.05, 4.69) is 26.1 Å². The maximum absolute atomic E-state index is 6.46. The quantitative estimate of drug-likeness (QED) is 0.590. The first-order valence-corrected chi connectivity index (χ1v) is 13.7. The maximum atomic E-state index is 6.46. The van der Waals surface area contributed by atoms with Gasteiger partial charge >= 0.3 is 0 Å². The Bertz CT molecular complexity index is 1070. The first kappa shape index (κ1) is 20.3. The number of thioether (sulfide) groups is 1. The number of hydrogen-bond acceptors (Lipinski definition) is 7. The highest BCUT2D eigenvalue weighted by Gasteiger charge is 2.75. The van der Waals surface area contributed by atoms with E-state index in [0.717, 1.165) is 41.0 Å². The number of nitrogens with one attached hydrogen (secondary N) is 1. The van der Waals surface area contributed by atoms with Crippen molar-refractivity contribution in [1.82, 2.24) is 19.5 Å². The zero-order chi connectivity index (χ0) is 21.8. The van der Waals surface area contributed by atoms with Crippen LogP contribution in [0.25, 0.3) is 11.2 Å². The van der Waals surface area contributed by atoms with Gasteiger partial charge < -0.3 is 19.4 Å². The molecule has 1 N–H and O–H groups in total. The maximum Gasteiger partial charge on any atom is 0.226 e. The van der Waals surface area contributed by atoms with Crippen molar-refractivity contribution in [2.45, 2.75) is 76.0 Å². The third kappa shape index (κ3) is 2.98. The number of aromatic nitrogens is 4. The van der Waals surface area contributed by atoms with Crippen molar-refractivity contribution in [3.05, 3.63) is 11.6 Å². The summed E-state index contributed by atoms with van der Waals surface area (Å²) in [7, 11) is 0. The van der Waals surface area contributed by atoms with E-state index in [0.29, 0.717) is 12.0 Å². The fourth-order valence-electron chi connectivity index (χ4n) is 6.62. The third-order valence-corrected chi connectivity index (χ3v) is 9.31. The number of ether oxygens (including phenoxy) is 2. The van der Waals surface area contributed by atoms with E-state index in [1.54, 1.807) is 0 Å². The monoisotopic (exact) mass is 475 g/mol. The van der Waals surface area contributed by atoms with Gasteiger partial charge in [-0.1, -0.05) is 0 Å². The Kier molecular flexibility index (Phi) is 4.27. The molecule has 0 unspecified atom stereocenters. The molecule has 4 saturated carbocycles. The highest BCUT2D eigenvalue weighted by Crippen LogP contribution is 2.72. The number of fused-ring (bicyclic) bond motifs is 4. The molecule has 0 aromatic carbocycles. The minimum Gasteiger partial charge on any atom is -0.365 e. The van der Waals surface area contributed by atoms with Crippen LogP contribution in [-0.4, -0.2) is 55.6 Å². The lowest BCUT2D eigenvalue weighted by atomic mass is 10.0. The molecule has 3 heterocycles. The van der Waals surface area contributed by atoms with Gasteiger partial charge in [0.05, 0.1) is 18.5 Å². The van der Waals surface area contributed by atoms with Crippen molar-refractivity contribution in [3.8, 4) is 0 Å². The van der Waals surface area contributed by atoms with Gasteiger partial charge in [-0.15, -0.1) is 0 Å². The summed E-state index contributed by atoms with van der Waals surface area (Å²) in [6.45, 7) is 4.05. The molecule has 1 aliphatic heterocycles. The predicted octanol–water partition coefficient (Wildman–Crippen LogP) is 4.52. The predicted molar refractivity (Wildman–Crippen MR) is 125 cm³/mol. The van der Waals surface area contributed by atoms with Crippen molar-refractivity contribution in [2.75, 3.05) is 17.3 Å². The van der Waals surface area contributed by atoms with E-state index in [4.69, 9.17) is 26.1 Å². The molecule has 0 amide bonds. The zero-order valence-corrected chi connectivity index (χ0v) is 20.3. The van der Waals surface area contributed by atoms with E-state index in [1.165, 1.54) is 25.7 Å².